The summed E-state index contributed by atoms with van der Waals surface area (Å²) in [6, 6.07) is 6.85. The summed E-state index contributed by atoms with van der Waals surface area (Å²) in [5, 5.41) is 13.3. The summed E-state index contributed by atoms with van der Waals surface area (Å²) in [6.07, 6.45) is 1.44. The Hall–Kier alpha value is -1.84. The SMILES string of the molecule is CC(C)(C)CC(=O)CC1CC(c2ccc(O)cc2)=NO1. The van der Waals surface area contributed by atoms with Gasteiger partial charge in [0.25, 0.3) is 0 Å². The molecule has 4 nitrogen and oxygen atoms in total. The largest absolute Gasteiger partial charge is 0.508 e. The van der Waals surface area contributed by atoms with Crippen LogP contribution in [0.3, 0.4) is 0 Å². The first-order chi connectivity index (χ1) is 9.33. The van der Waals surface area contributed by atoms with Crippen LogP contribution in [-0.2, 0) is 9.63 Å². The van der Waals surface area contributed by atoms with Crippen LogP contribution >= 0.6 is 0 Å². The van der Waals surface area contributed by atoms with E-state index in [-0.39, 0.29) is 23.1 Å². The number of Topliss-reactive ketones (excluding diaryl/α,β-unsaturated/α-hetero) is 1. The fourth-order valence-electron chi connectivity index (χ4n) is 2.28. The minimum Gasteiger partial charge on any atom is -0.508 e. The van der Waals surface area contributed by atoms with Crippen molar-refractivity contribution in [2.45, 2.75) is 46.1 Å². The molecule has 0 aliphatic carbocycles. The Balaban J connectivity index is 1.88. The predicted octanol–water partition coefficient (Wildman–Crippen LogP) is 3.28. The van der Waals surface area contributed by atoms with Gasteiger partial charge in [-0.25, -0.2) is 0 Å². The minimum atomic E-state index is -0.159. The van der Waals surface area contributed by atoms with E-state index < -0.39 is 0 Å². The smallest absolute Gasteiger partial charge is 0.140 e. The lowest BCUT2D eigenvalue weighted by atomic mass is 9.88. The van der Waals surface area contributed by atoms with Crippen molar-refractivity contribution in [2.24, 2.45) is 10.6 Å². The van der Waals surface area contributed by atoms with Crippen LogP contribution in [0.5, 0.6) is 5.75 Å². The lowest BCUT2D eigenvalue weighted by molar-refractivity contribution is -0.123. The van der Waals surface area contributed by atoms with E-state index in [2.05, 4.69) is 25.9 Å². The molecule has 1 aromatic carbocycles. The van der Waals surface area contributed by atoms with Gasteiger partial charge in [-0.05, 0) is 35.2 Å². The van der Waals surface area contributed by atoms with Gasteiger partial charge in [-0.2, -0.15) is 0 Å². The molecule has 1 heterocycles. The van der Waals surface area contributed by atoms with Gasteiger partial charge in [0.2, 0.25) is 0 Å². The lowest BCUT2D eigenvalue weighted by Gasteiger charge is -2.17. The van der Waals surface area contributed by atoms with Crippen LogP contribution in [-0.4, -0.2) is 22.7 Å². The van der Waals surface area contributed by atoms with Crippen molar-refractivity contribution in [1.29, 1.82) is 0 Å². The van der Waals surface area contributed by atoms with Gasteiger partial charge in [-0.1, -0.05) is 25.9 Å². The summed E-state index contributed by atoms with van der Waals surface area (Å²) < 4.78 is 0. The molecule has 0 fully saturated rings. The number of benzene rings is 1. The third-order valence-electron chi connectivity index (χ3n) is 3.12. The van der Waals surface area contributed by atoms with Gasteiger partial charge in [0.1, 0.15) is 17.6 Å². The lowest BCUT2D eigenvalue weighted by Crippen LogP contribution is -2.19. The summed E-state index contributed by atoms with van der Waals surface area (Å²) in [6.45, 7) is 6.16. The number of carbonyl (C=O) groups excluding carboxylic acids is 1. The van der Waals surface area contributed by atoms with Crippen LogP contribution in [0.4, 0.5) is 0 Å². The van der Waals surface area contributed by atoms with Gasteiger partial charge in [0, 0.05) is 19.3 Å². The average Bonchev–Trinajstić information content (AvgIpc) is 2.75. The number of ketones is 1. The molecule has 0 saturated heterocycles. The standard InChI is InChI=1S/C16H21NO3/c1-16(2,3)10-13(19)8-14-9-15(17-20-14)11-4-6-12(18)7-5-11/h4-7,14,18H,8-10H2,1-3H3. The number of aromatic hydroxyl groups is 1. The highest BCUT2D eigenvalue weighted by Crippen LogP contribution is 2.24. The third kappa shape index (κ3) is 4.08. The molecule has 4 heteroatoms. The van der Waals surface area contributed by atoms with Crippen molar-refractivity contribution in [3.63, 3.8) is 0 Å². The molecular formula is C16H21NO3. The number of oxime groups is 1. The number of phenols is 1. The van der Waals surface area contributed by atoms with Gasteiger partial charge in [-0.3, -0.25) is 4.79 Å². The Kier molecular flexibility index (Phi) is 4.12. The number of hydrogen-bond acceptors (Lipinski definition) is 4. The van der Waals surface area contributed by atoms with Crippen molar-refractivity contribution in [3.8, 4) is 5.75 Å². The van der Waals surface area contributed by atoms with E-state index in [0.717, 1.165) is 11.3 Å². The van der Waals surface area contributed by atoms with E-state index in [1.165, 1.54) is 0 Å². The summed E-state index contributed by atoms with van der Waals surface area (Å²) in [4.78, 5) is 17.3. The van der Waals surface area contributed by atoms with Gasteiger partial charge in [0.15, 0.2) is 0 Å². The number of rotatable bonds is 4. The van der Waals surface area contributed by atoms with Crippen molar-refractivity contribution in [2.75, 3.05) is 0 Å². The first-order valence-corrected chi connectivity index (χ1v) is 6.87. The monoisotopic (exact) mass is 275 g/mol. The van der Waals surface area contributed by atoms with Crippen LogP contribution < -0.4 is 0 Å². The number of hydrogen-bond donors (Lipinski definition) is 1. The van der Waals surface area contributed by atoms with Gasteiger partial charge >= 0.3 is 0 Å². The fraction of sp³-hybridized carbons (Fsp3) is 0.500. The van der Waals surface area contributed by atoms with Gasteiger partial charge in [0.05, 0.1) is 5.71 Å². The van der Waals surface area contributed by atoms with E-state index in [9.17, 15) is 9.90 Å². The Labute approximate surface area is 119 Å². The van der Waals surface area contributed by atoms with Gasteiger partial charge < -0.3 is 9.94 Å². The molecule has 1 aromatic rings. The first-order valence-electron chi connectivity index (χ1n) is 6.87. The van der Waals surface area contributed by atoms with Crippen LogP contribution in [0.25, 0.3) is 0 Å². The molecule has 1 aliphatic rings. The quantitative estimate of drug-likeness (QED) is 0.917. The van der Waals surface area contributed by atoms with Crippen molar-refractivity contribution >= 4 is 11.5 Å². The molecular weight excluding hydrogens is 254 g/mol. The van der Waals surface area contributed by atoms with Crippen LogP contribution in [0, 0.1) is 5.41 Å². The molecule has 1 aliphatic heterocycles. The predicted molar refractivity (Wildman–Crippen MR) is 77.8 cm³/mol. The van der Waals surface area contributed by atoms with Crippen molar-refractivity contribution in [1.82, 2.24) is 0 Å². The molecule has 0 spiro atoms. The van der Waals surface area contributed by atoms with Crippen LogP contribution in [0.2, 0.25) is 0 Å². The summed E-state index contributed by atoms with van der Waals surface area (Å²) in [5.74, 6) is 0.440. The molecule has 108 valence electrons. The normalized spacial score (nSPS) is 18.6. The molecule has 0 saturated carbocycles. The zero-order chi connectivity index (χ0) is 14.8. The number of nitrogens with zero attached hydrogens (tertiary/aromatic N) is 1. The zero-order valence-corrected chi connectivity index (χ0v) is 12.2. The Morgan fingerprint density at radius 1 is 1.35 bits per heavy atom. The molecule has 1 unspecified atom stereocenters. The van der Waals surface area contributed by atoms with Crippen molar-refractivity contribution < 1.29 is 14.7 Å². The van der Waals surface area contributed by atoms with Crippen molar-refractivity contribution in [3.05, 3.63) is 29.8 Å². The Bertz CT molecular complexity index is 512. The van der Waals surface area contributed by atoms with E-state index in [1.54, 1.807) is 24.3 Å². The van der Waals surface area contributed by atoms with E-state index in [0.29, 0.717) is 19.3 Å². The highest BCUT2D eigenvalue weighted by atomic mass is 16.6. The second kappa shape index (κ2) is 5.65. The molecule has 2 rings (SSSR count). The fourth-order valence-corrected chi connectivity index (χ4v) is 2.28. The second-order valence-electron chi connectivity index (χ2n) is 6.50. The minimum absolute atomic E-state index is 0.0102. The van der Waals surface area contributed by atoms with E-state index in [1.807, 2.05) is 0 Å². The Morgan fingerprint density at radius 2 is 2.00 bits per heavy atom. The second-order valence-corrected chi connectivity index (χ2v) is 6.50. The molecule has 0 radical (unpaired) electrons. The maximum atomic E-state index is 11.9. The molecule has 0 amide bonds. The van der Waals surface area contributed by atoms with Gasteiger partial charge in [-0.15, -0.1) is 0 Å². The van der Waals surface area contributed by atoms with E-state index in [4.69, 9.17) is 4.84 Å². The molecule has 0 aromatic heterocycles. The van der Waals surface area contributed by atoms with E-state index >= 15 is 0 Å². The van der Waals surface area contributed by atoms with Crippen LogP contribution in [0.1, 0.15) is 45.6 Å². The number of phenolic OH excluding ortho intramolecular Hbond substituents is 1. The average molecular weight is 275 g/mol. The summed E-state index contributed by atoms with van der Waals surface area (Å²) in [5.41, 5.74) is 1.77. The molecule has 1 N–H and O–H groups in total. The number of carbonyl (C=O) groups is 1. The highest BCUT2D eigenvalue weighted by Gasteiger charge is 2.26. The third-order valence-corrected chi connectivity index (χ3v) is 3.12. The highest BCUT2D eigenvalue weighted by molar-refractivity contribution is 6.01. The molecule has 20 heavy (non-hydrogen) atoms. The maximum Gasteiger partial charge on any atom is 0.140 e. The summed E-state index contributed by atoms with van der Waals surface area (Å²) >= 11 is 0. The first kappa shape index (κ1) is 14.6. The van der Waals surface area contributed by atoms with Crippen LogP contribution in [0.15, 0.2) is 29.4 Å². The maximum absolute atomic E-state index is 11.9. The molecule has 0 bridgehead atoms. The summed E-state index contributed by atoms with van der Waals surface area (Å²) in [7, 11) is 0. The zero-order valence-electron chi connectivity index (χ0n) is 12.2. The Morgan fingerprint density at radius 3 is 2.60 bits per heavy atom. The topological polar surface area (TPSA) is 58.9 Å². The molecule has 1 atom stereocenters.